The quantitative estimate of drug-likeness (QED) is 0.798. The molecule has 3 rings (SSSR count). The standard InChI is InChI=1S/C16H18FN3O3/c1-16(11-4-6-12(17)7-5-11)14(22)20(15(23)19-16)9-13(21)18-8-10-2-3-10/h4-7,10H,2-3,8-9H2,1H3,(H,18,21)(H,19,23). The van der Waals surface area contributed by atoms with Gasteiger partial charge in [0.05, 0.1) is 0 Å². The van der Waals surface area contributed by atoms with E-state index in [1.807, 2.05) is 0 Å². The lowest BCUT2D eigenvalue weighted by Gasteiger charge is -2.22. The van der Waals surface area contributed by atoms with Crippen molar-refractivity contribution >= 4 is 17.8 Å². The van der Waals surface area contributed by atoms with Crippen molar-refractivity contribution in [2.45, 2.75) is 25.3 Å². The third-order valence-corrected chi connectivity index (χ3v) is 4.28. The highest BCUT2D eigenvalue weighted by Crippen LogP contribution is 2.29. The Morgan fingerprint density at radius 1 is 1.35 bits per heavy atom. The molecule has 1 heterocycles. The molecule has 2 aliphatic rings. The van der Waals surface area contributed by atoms with Gasteiger partial charge in [-0.25, -0.2) is 9.18 Å². The molecule has 122 valence electrons. The Morgan fingerprint density at radius 3 is 2.61 bits per heavy atom. The highest BCUT2D eigenvalue weighted by Gasteiger charge is 2.49. The molecule has 0 spiro atoms. The van der Waals surface area contributed by atoms with Crippen molar-refractivity contribution in [3.63, 3.8) is 0 Å². The van der Waals surface area contributed by atoms with Crippen molar-refractivity contribution in [2.24, 2.45) is 5.92 Å². The highest BCUT2D eigenvalue weighted by molar-refractivity contribution is 6.09. The van der Waals surface area contributed by atoms with E-state index in [0.29, 0.717) is 18.0 Å². The van der Waals surface area contributed by atoms with Crippen molar-refractivity contribution in [1.29, 1.82) is 0 Å². The van der Waals surface area contributed by atoms with Crippen LogP contribution in [0.25, 0.3) is 0 Å². The van der Waals surface area contributed by atoms with Gasteiger partial charge in [-0.05, 0) is 43.4 Å². The van der Waals surface area contributed by atoms with Crippen molar-refractivity contribution < 1.29 is 18.8 Å². The van der Waals surface area contributed by atoms with Crippen LogP contribution in [0, 0.1) is 11.7 Å². The van der Waals surface area contributed by atoms with Crippen LogP contribution >= 0.6 is 0 Å². The van der Waals surface area contributed by atoms with Gasteiger partial charge >= 0.3 is 6.03 Å². The zero-order chi connectivity index (χ0) is 16.6. The average molecular weight is 319 g/mol. The number of nitrogens with zero attached hydrogens (tertiary/aromatic N) is 1. The normalized spacial score (nSPS) is 23.8. The fourth-order valence-corrected chi connectivity index (χ4v) is 2.60. The van der Waals surface area contributed by atoms with E-state index in [4.69, 9.17) is 0 Å². The second-order valence-electron chi connectivity index (χ2n) is 6.20. The first kappa shape index (κ1) is 15.5. The van der Waals surface area contributed by atoms with Gasteiger partial charge in [-0.15, -0.1) is 0 Å². The average Bonchev–Trinajstić information content (AvgIpc) is 3.31. The number of carbonyl (C=O) groups is 3. The molecule has 2 fully saturated rings. The van der Waals surface area contributed by atoms with Crippen LogP contribution in [-0.4, -0.2) is 35.8 Å². The lowest BCUT2D eigenvalue weighted by atomic mass is 9.92. The minimum atomic E-state index is -1.29. The topological polar surface area (TPSA) is 78.5 Å². The van der Waals surface area contributed by atoms with Gasteiger partial charge in [-0.2, -0.15) is 0 Å². The Kier molecular flexibility index (Phi) is 3.79. The van der Waals surface area contributed by atoms with E-state index < -0.39 is 23.3 Å². The van der Waals surface area contributed by atoms with E-state index in [-0.39, 0.29) is 12.5 Å². The molecule has 6 nitrogen and oxygen atoms in total. The molecule has 0 radical (unpaired) electrons. The zero-order valence-electron chi connectivity index (χ0n) is 12.8. The summed E-state index contributed by atoms with van der Waals surface area (Å²) < 4.78 is 13.0. The van der Waals surface area contributed by atoms with Gasteiger partial charge in [-0.3, -0.25) is 14.5 Å². The van der Waals surface area contributed by atoms with Gasteiger partial charge in [0.1, 0.15) is 17.9 Å². The van der Waals surface area contributed by atoms with E-state index in [0.717, 1.165) is 17.7 Å². The minimum absolute atomic E-state index is 0.311. The molecule has 1 unspecified atom stereocenters. The fraction of sp³-hybridized carbons (Fsp3) is 0.438. The number of benzene rings is 1. The van der Waals surface area contributed by atoms with Crippen molar-refractivity contribution in [1.82, 2.24) is 15.5 Å². The summed E-state index contributed by atoms with van der Waals surface area (Å²) in [6, 6.07) is 4.73. The molecular formula is C16H18FN3O3. The van der Waals surface area contributed by atoms with Gasteiger partial charge in [-0.1, -0.05) is 12.1 Å². The lowest BCUT2D eigenvalue weighted by Crippen LogP contribution is -2.43. The lowest BCUT2D eigenvalue weighted by molar-refractivity contribution is -0.134. The van der Waals surface area contributed by atoms with Crippen LogP contribution in [0.4, 0.5) is 9.18 Å². The number of urea groups is 1. The Bertz CT molecular complexity index is 657. The fourth-order valence-electron chi connectivity index (χ4n) is 2.60. The molecule has 23 heavy (non-hydrogen) atoms. The van der Waals surface area contributed by atoms with E-state index >= 15 is 0 Å². The second-order valence-corrected chi connectivity index (χ2v) is 6.20. The molecule has 0 aromatic heterocycles. The first-order valence-corrected chi connectivity index (χ1v) is 7.57. The van der Waals surface area contributed by atoms with Gasteiger partial charge in [0, 0.05) is 6.54 Å². The summed E-state index contributed by atoms with van der Waals surface area (Å²) in [4.78, 5) is 37.4. The van der Waals surface area contributed by atoms with Gasteiger partial charge in [0.25, 0.3) is 5.91 Å². The number of rotatable bonds is 5. The first-order valence-electron chi connectivity index (χ1n) is 7.57. The molecule has 1 aliphatic heterocycles. The summed E-state index contributed by atoms with van der Waals surface area (Å²) in [7, 11) is 0. The summed E-state index contributed by atoms with van der Waals surface area (Å²) in [5.41, 5.74) is -0.820. The number of carbonyl (C=O) groups excluding carboxylic acids is 3. The summed E-state index contributed by atoms with van der Waals surface area (Å²) >= 11 is 0. The van der Waals surface area contributed by atoms with Gasteiger partial charge < -0.3 is 10.6 Å². The zero-order valence-corrected chi connectivity index (χ0v) is 12.8. The summed E-state index contributed by atoms with van der Waals surface area (Å²) in [5.74, 6) is -0.781. The molecule has 0 bridgehead atoms. The summed E-state index contributed by atoms with van der Waals surface area (Å²) in [6.07, 6.45) is 2.21. The number of hydrogen-bond donors (Lipinski definition) is 2. The van der Waals surface area contributed by atoms with Gasteiger partial charge in [0.2, 0.25) is 5.91 Å². The van der Waals surface area contributed by atoms with Crippen LogP contribution in [0.2, 0.25) is 0 Å². The van der Waals surface area contributed by atoms with Crippen LogP contribution in [0.1, 0.15) is 25.3 Å². The maximum absolute atomic E-state index is 13.0. The van der Waals surface area contributed by atoms with Gasteiger partial charge in [0.15, 0.2) is 0 Å². The van der Waals surface area contributed by atoms with Crippen LogP contribution in [0.15, 0.2) is 24.3 Å². The first-order chi connectivity index (χ1) is 10.9. The predicted molar refractivity (Wildman–Crippen MR) is 79.7 cm³/mol. The van der Waals surface area contributed by atoms with Crippen LogP contribution in [0.3, 0.4) is 0 Å². The maximum atomic E-state index is 13.0. The number of hydrogen-bond acceptors (Lipinski definition) is 3. The number of imide groups is 1. The van der Waals surface area contributed by atoms with Crippen molar-refractivity contribution in [3.8, 4) is 0 Å². The Hall–Kier alpha value is -2.44. The Balaban J connectivity index is 1.70. The molecule has 4 amide bonds. The monoisotopic (exact) mass is 319 g/mol. The van der Waals surface area contributed by atoms with Crippen molar-refractivity contribution in [2.75, 3.05) is 13.1 Å². The molecule has 1 aliphatic carbocycles. The molecule has 1 aromatic carbocycles. The van der Waals surface area contributed by atoms with Crippen LogP contribution < -0.4 is 10.6 Å². The smallest absolute Gasteiger partial charge is 0.325 e. The third kappa shape index (κ3) is 3.04. The number of nitrogens with one attached hydrogen (secondary N) is 2. The van der Waals surface area contributed by atoms with E-state index in [1.54, 1.807) is 6.92 Å². The highest BCUT2D eigenvalue weighted by atomic mass is 19.1. The van der Waals surface area contributed by atoms with E-state index in [1.165, 1.54) is 24.3 Å². The summed E-state index contributed by atoms with van der Waals surface area (Å²) in [5, 5.41) is 5.31. The third-order valence-electron chi connectivity index (χ3n) is 4.28. The van der Waals surface area contributed by atoms with E-state index in [2.05, 4.69) is 10.6 Å². The number of amides is 4. The van der Waals surface area contributed by atoms with Crippen LogP contribution in [-0.2, 0) is 15.1 Å². The van der Waals surface area contributed by atoms with E-state index in [9.17, 15) is 18.8 Å². The molecule has 1 atom stereocenters. The molecular weight excluding hydrogens is 301 g/mol. The molecule has 1 saturated heterocycles. The minimum Gasteiger partial charge on any atom is -0.354 e. The molecule has 1 aromatic rings. The number of halogens is 1. The molecule has 1 saturated carbocycles. The van der Waals surface area contributed by atoms with Crippen molar-refractivity contribution in [3.05, 3.63) is 35.6 Å². The SMILES string of the molecule is CC1(c2ccc(F)cc2)NC(=O)N(CC(=O)NCC2CC2)C1=O. The van der Waals surface area contributed by atoms with Crippen LogP contribution in [0.5, 0.6) is 0 Å². The molecule has 2 N–H and O–H groups in total. The Labute approximate surface area is 133 Å². The molecule has 7 heteroatoms. The second kappa shape index (κ2) is 5.64. The largest absolute Gasteiger partial charge is 0.354 e. The Morgan fingerprint density at radius 2 is 2.00 bits per heavy atom. The maximum Gasteiger partial charge on any atom is 0.325 e. The predicted octanol–water partition coefficient (Wildman–Crippen LogP) is 1.12. The summed E-state index contributed by atoms with van der Waals surface area (Å²) in [6.45, 7) is 1.81.